The summed E-state index contributed by atoms with van der Waals surface area (Å²) in [6.07, 6.45) is 0. The normalized spacial score (nSPS) is 12.2. The van der Waals surface area contributed by atoms with Crippen LogP contribution in [0.15, 0.2) is 48.5 Å². The fraction of sp³-hybridized carbons (Fsp3) is 0.250. The summed E-state index contributed by atoms with van der Waals surface area (Å²) in [5.41, 5.74) is 1.06. The molecule has 3 heteroatoms. The van der Waals surface area contributed by atoms with Gasteiger partial charge in [0.2, 0.25) is 0 Å². The molecule has 0 radical (unpaired) electrons. The molecule has 0 saturated carbocycles. The van der Waals surface area contributed by atoms with Crippen molar-refractivity contribution in [3.05, 3.63) is 59.9 Å². The molecule has 0 aliphatic carbocycles. The number of rotatable bonds is 5. The van der Waals surface area contributed by atoms with Crippen molar-refractivity contribution >= 4 is 0 Å². The van der Waals surface area contributed by atoms with Gasteiger partial charge in [-0.2, -0.15) is 0 Å². The summed E-state index contributed by atoms with van der Waals surface area (Å²) in [5.74, 6) is 0.965. The fourth-order valence-corrected chi connectivity index (χ4v) is 2.00. The predicted molar refractivity (Wildman–Crippen MR) is 75.0 cm³/mol. The van der Waals surface area contributed by atoms with Crippen molar-refractivity contribution in [2.24, 2.45) is 0 Å². The third-order valence-corrected chi connectivity index (χ3v) is 2.92. The average Bonchev–Trinajstić information content (AvgIpc) is 2.39. The number of halogens is 1. The molecular formula is C16H18FNO. The number of benzene rings is 2. The van der Waals surface area contributed by atoms with Crippen molar-refractivity contribution in [3.8, 4) is 11.5 Å². The van der Waals surface area contributed by atoms with Crippen LogP contribution in [0.25, 0.3) is 0 Å². The van der Waals surface area contributed by atoms with Gasteiger partial charge in [0.15, 0.2) is 0 Å². The Hall–Kier alpha value is -1.87. The van der Waals surface area contributed by atoms with Crippen LogP contribution in [-0.2, 0) is 0 Å². The lowest BCUT2D eigenvalue weighted by Crippen LogP contribution is -2.18. The summed E-state index contributed by atoms with van der Waals surface area (Å²) >= 11 is 0. The molecule has 0 aliphatic rings. The smallest absolute Gasteiger partial charge is 0.132 e. The summed E-state index contributed by atoms with van der Waals surface area (Å²) < 4.78 is 18.9. The second-order valence-electron chi connectivity index (χ2n) is 4.38. The highest BCUT2D eigenvalue weighted by atomic mass is 19.1. The van der Waals surface area contributed by atoms with E-state index in [1.165, 1.54) is 12.1 Å². The molecule has 0 bridgehead atoms. The molecule has 0 amide bonds. The number of hydrogen-bond donors (Lipinski definition) is 1. The van der Waals surface area contributed by atoms with Crippen LogP contribution in [0.1, 0.15) is 25.5 Å². The Morgan fingerprint density at radius 1 is 1.16 bits per heavy atom. The lowest BCUT2D eigenvalue weighted by atomic mass is 10.1. The zero-order valence-electron chi connectivity index (χ0n) is 11.2. The van der Waals surface area contributed by atoms with Crippen LogP contribution in [-0.4, -0.2) is 6.54 Å². The van der Waals surface area contributed by atoms with Gasteiger partial charge in [0.05, 0.1) is 0 Å². The zero-order chi connectivity index (χ0) is 13.7. The number of para-hydroxylation sites is 1. The van der Waals surface area contributed by atoms with Crippen molar-refractivity contribution in [2.75, 3.05) is 6.54 Å². The first-order chi connectivity index (χ1) is 9.20. The predicted octanol–water partition coefficient (Wildman–Crippen LogP) is 4.29. The van der Waals surface area contributed by atoms with Gasteiger partial charge in [-0.1, -0.05) is 31.2 Å². The molecule has 0 heterocycles. The van der Waals surface area contributed by atoms with E-state index in [1.807, 2.05) is 24.3 Å². The molecular weight excluding hydrogens is 241 g/mol. The molecule has 0 fully saturated rings. The number of nitrogens with one attached hydrogen (secondary N) is 1. The van der Waals surface area contributed by atoms with Crippen molar-refractivity contribution < 1.29 is 9.13 Å². The van der Waals surface area contributed by atoms with E-state index in [0.717, 1.165) is 17.9 Å². The molecule has 0 spiro atoms. The molecule has 19 heavy (non-hydrogen) atoms. The van der Waals surface area contributed by atoms with Gasteiger partial charge in [-0.25, -0.2) is 4.39 Å². The van der Waals surface area contributed by atoms with E-state index in [9.17, 15) is 4.39 Å². The van der Waals surface area contributed by atoms with Gasteiger partial charge in [0, 0.05) is 17.7 Å². The van der Waals surface area contributed by atoms with Crippen molar-refractivity contribution in [1.82, 2.24) is 5.32 Å². The van der Waals surface area contributed by atoms with E-state index < -0.39 is 0 Å². The maximum absolute atomic E-state index is 13.2. The zero-order valence-corrected chi connectivity index (χ0v) is 11.2. The number of hydrogen-bond acceptors (Lipinski definition) is 2. The lowest BCUT2D eigenvalue weighted by molar-refractivity contribution is 0.459. The molecule has 2 nitrogen and oxygen atoms in total. The summed E-state index contributed by atoms with van der Waals surface area (Å²) in [5, 5.41) is 3.35. The minimum absolute atomic E-state index is 0.190. The Balaban J connectivity index is 2.25. The Bertz CT molecular complexity index is 542. The molecule has 0 saturated heterocycles. The van der Waals surface area contributed by atoms with E-state index in [1.54, 1.807) is 12.1 Å². The molecule has 2 aromatic carbocycles. The van der Waals surface area contributed by atoms with Gasteiger partial charge in [0.1, 0.15) is 17.3 Å². The van der Waals surface area contributed by atoms with E-state index in [-0.39, 0.29) is 11.9 Å². The van der Waals surface area contributed by atoms with Gasteiger partial charge in [-0.05, 0) is 31.7 Å². The van der Waals surface area contributed by atoms with Gasteiger partial charge >= 0.3 is 0 Å². The fourth-order valence-electron chi connectivity index (χ4n) is 2.00. The Morgan fingerprint density at radius 2 is 1.95 bits per heavy atom. The monoisotopic (exact) mass is 259 g/mol. The summed E-state index contributed by atoms with van der Waals surface area (Å²) in [4.78, 5) is 0. The topological polar surface area (TPSA) is 21.3 Å². The maximum atomic E-state index is 13.2. The summed E-state index contributed by atoms with van der Waals surface area (Å²) in [6.45, 7) is 5.03. The van der Waals surface area contributed by atoms with Gasteiger partial charge < -0.3 is 10.1 Å². The van der Waals surface area contributed by atoms with Gasteiger partial charge in [-0.3, -0.25) is 0 Å². The van der Waals surface area contributed by atoms with Crippen LogP contribution in [0.5, 0.6) is 11.5 Å². The Kier molecular flexibility index (Phi) is 4.53. The number of ether oxygens (including phenoxy) is 1. The molecule has 1 N–H and O–H groups in total. The van der Waals surface area contributed by atoms with Crippen molar-refractivity contribution in [2.45, 2.75) is 19.9 Å². The third-order valence-electron chi connectivity index (χ3n) is 2.92. The first kappa shape index (κ1) is 13.6. The summed E-state index contributed by atoms with van der Waals surface area (Å²) in [6, 6.07) is 14.2. The van der Waals surface area contributed by atoms with Crippen LogP contribution in [0.4, 0.5) is 4.39 Å². The molecule has 2 rings (SSSR count). The lowest BCUT2D eigenvalue weighted by Gasteiger charge is -2.17. The second-order valence-corrected chi connectivity index (χ2v) is 4.38. The largest absolute Gasteiger partial charge is 0.457 e. The van der Waals surface area contributed by atoms with E-state index in [4.69, 9.17) is 4.74 Å². The Labute approximate surface area is 113 Å². The van der Waals surface area contributed by atoms with Crippen LogP contribution in [0.2, 0.25) is 0 Å². The van der Waals surface area contributed by atoms with E-state index >= 15 is 0 Å². The first-order valence-corrected chi connectivity index (χ1v) is 6.46. The highest BCUT2D eigenvalue weighted by Crippen LogP contribution is 2.29. The Morgan fingerprint density at radius 3 is 2.68 bits per heavy atom. The van der Waals surface area contributed by atoms with Gasteiger partial charge in [0.25, 0.3) is 0 Å². The molecule has 0 aromatic heterocycles. The average molecular weight is 259 g/mol. The molecule has 1 unspecified atom stereocenters. The third kappa shape index (κ3) is 3.55. The highest BCUT2D eigenvalue weighted by Gasteiger charge is 2.10. The molecule has 2 aromatic rings. The van der Waals surface area contributed by atoms with Crippen LogP contribution >= 0.6 is 0 Å². The van der Waals surface area contributed by atoms with Crippen molar-refractivity contribution in [1.29, 1.82) is 0 Å². The first-order valence-electron chi connectivity index (χ1n) is 6.46. The van der Waals surface area contributed by atoms with Crippen LogP contribution in [0.3, 0.4) is 0 Å². The molecule has 1 atom stereocenters. The van der Waals surface area contributed by atoms with Gasteiger partial charge in [-0.15, -0.1) is 0 Å². The second kappa shape index (κ2) is 6.34. The summed E-state index contributed by atoms with van der Waals surface area (Å²) in [7, 11) is 0. The maximum Gasteiger partial charge on any atom is 0.132 e. The SMILES string of the molecule is CCNC(C)c1ccccc1Oc1cccc(F)c1. The van der Waals surface area contributed by atoms with E-state index in [0.29, 0.717) is 5.75 Å². The quantitative estimate of drug-likeness (QED) is 0.865. The van der Waals surface area contributed by atoms with Crippen LogP contribution in [0, 0.1) is 5.82 Å². The highest BCUT2D eigenvalue weighted by molar-refractivity contribution is 5.39. The minimum atomic E-state index is -0.297. The minimum Gasteiger partial charge on any atom is -0.457 e. The van der Waals surface area contributed by atoms with Crippen LogP contribution < -0.4 is 10.1 Å². The standard InChI is InChI=1S/C16H18FNO/c1-3-18-12(2)15-9-4-5-10-16(15)19-14-8-6-7-13(17)11-14/h4-12,18H,3H2,1-2H3. The molecule has 100 valence electrons. The molecule has 0 aliphatic heterocycles. The van der Waals surface area contributed by atoms with E-state index in [2.05, 4.69) is 19.2 Å². The van der Waals surface area contributed by atoms with Crippen molar-refractivity contribution in [3.63, 3.8) is 0 Å².